The van der Waals surface area contributed by atoms with Crippen molar-refractivity contribution in [2.75, 3.05) is 6.54 Å². The molecule has 2 aromatic carbocycles. The molecule has 1 saturated heterocycles. The van der Waals surface area contributed by atoms with Gasteiger partial charge in [0.05, 0.1) is 0 Å². The molecule has 3 rings (SSSR count). The van der Waals surface area contributed by atoms with E-state index in [1.165, 1.54) is 5.56 Å². The molecule has 2 N–H and O–H groups in total. The van der Waals surface area contributed by atoms with Crippen LogP contribution in [-0.4, -0.2) is 11.7 Å². The minimum atomic E-state index is -0.748. The van der Waals surface area contributed by atoms with Gasteiger partial charge in [0.1, 0.15) is 5.60 Å². The van der Waals surface area contributed by atoms with E-state index in [0.717, 1.165) is 12.0 Å². The van der Waals surface area contributed by atoms with E-state index >= 15 is 0 Å². The molecule has 1 heterocycles. The van der Waals surface area contributed by atoms with Gasteiger partial charge in [0.25, 0.3) is 0 Å². The molecule has 2 unspecified atom stereocenters. The Hall–Kier alpha value is -1.64. The second-order valence-corrected chi connectivity index (χ2v) is 4.95. The van der Waals surface area contributed by atoms with E-state index in [0.29, 0.717) is 6.54 Å². The van der Waals surface area contributed by atoms with E-state index in [1.807, 2.05) is 48.5 Å². The van der Waals surface area contributed by atoms with Gasteiger partial charge in [0, 0.05) is 19.0 Å². The van der Waals surface area contributed by atoms with Crippen LogP contribution in [0.2, 0.25) is 0 Å². The van der Waals surface area contributed by atoms with Crippen LogP contribution in [0.25, 0.3) is 0 Å². The second kappa shape index (κ2) is 4.56. The van der Waals surface area contributed by atoms with Crippen LogP contribution in [0.5, 0.6) is 0 Å². The molecule has 2 atom stereocenters. The summed E-state index contributed by atoms with van der Waals surface area (Å²) in [5.41, 5.74) is 1.49. The van der Waals surface area contributed by atoms with Gasteiger partial charge in [-0.2, -0.15) is 0 Å². The van der Waals surface area contributed by atoms with Gasteiger partial charge in [0.2, 0.25) is 0 Å². The van der Waals surface area contributed by atoms with Crippen LogP contribution >= 0.6 is 0 Å². The smallest absolute Gasteiger partial charge is 0.104 e. The number of nitrogens with one attached hydrogen (secondary N) is 1. The second-order valence-electron chi connectivity index (χ2n) is 4.95. The van der Waals surface area contributed by atoms with E-state index in [9.17, 15) is 5.11 Å². The zero-order chi connectivity index (χ0) is 12.4. The first-order chi connectivity index (χ1) is 8.78. The summed E-state index contributed by atoms with van der Waals surface area (Å²) < 4.78 is 0. The summed E-state index contributed by atoms with van der Waals surface area (Å²) in [6, 6.07) is 20.5. The molecule has 0 aliphatic carbocycles. The van der Waals surface area contributed by atoms with E-state index in [2.05, 4.69) is 17.4 Å². The molecule has 0 spiro atoms. The Morgan fingerprint density at radius 3 is 2.22 bits per heavy atom. The third kappa shape index (κ3) is 2.05. The Morgan fingerprint density at radius 1 is 0.944 bits per heavy atom. The Balaban J connectivity index is 1.83. The van der Waals surface area contributed by atoms with Crippen LogP contribution < -0.4 is 5.32 Å². The molecular weight excluding hydrogens is 222 g/mol. The van der Waals surface area contributed by atoms with Gasteiger partial charge in [-0.05, 0) is 11.1 Å². The standard InChI is InChI=1S/C16H17NO/c18-16(14-9-5-2-6-10-14)11-15(17-12-16)13-7-3-1-4-8-13/h1-10,15,17-18H,11-12H2. The van der Waals surface area contributed by atoms with Gasteiger partial charge in [-0.3, -0.25) is 0 Å². The van der Waals surface area contributed by atoms with Gasteiger partial charge < -0.3 is 10.4 Å². The van der Waals surface area contributed by atoms with Crippen LogP contribution in [0.4, 0.5) is 0 Å². The fraction of sp³-hybridized carbons (Fsp3) is 0.250. The van der Waals surface area contributed by atoms with E-state index in [-0.39, 0.29) is 6.04 Å². The molecule has 1 fully saturated rings. The van der Waals surface area contributed by atoms with Crippen molar-refractivity contribution in [3.05, 3.63) is 71.8 Å². The topological polar surface area (TPSA) is 32.3 Å². The van der Waals surface area contributed by atoms with Crippen LogP contribution in [0.1, 0.15) is 23.6 Å². The molecule has 2 aromatic rings. The summed E-state index contributed by atoms with van der Waals surface area (Å²) >= 11 is 0. The lowest BCUT2D eigenvalue weighted by molar-refractivity contribution is 0.0559. The highest BCUT2D eigenvalue weighted by atomic mass is 16.3. The molecule has 0 saturated carbocycles. The van der Waals surface area contributed by atoms with Crippen molar-refractivity contribution in [2.45, 2.75) is 18.1 Å². The number of hydrogen-bond donors (Lipinski definition) is 2. The van der Waals surface area contributed by atoms with Gasteiger partial charge in [-0.1, -0.05) is 60.7 Å². The Bertz CT molecular complexity index is 511. The third-order valence-electron chi connectivity index (χ3n) is 3.70. The number of hydrogen-bond acceptors (Lipinski definition) is 2. The summed E-state index contributed by atoms with van der Waals surface area (Å²) in [6.07, 6.45) is 0.723. The Labute approximate surface area is 107 Å². The lowest BCUT2D eigenvalue weighted by atomic mass is 9.89. The maximum absolute atomic E-state index is 10.7. The quantitative estimate of drug-likeness (QED) is 0.844. The predicted octanol–water partition coefficient (Wildman–Crippen LogP) is 2.61. The van der Waals surface area contributed by atoms with Crippen molar-refractivity contribution < 1.29 is 5.11 Å². The zero-order valence-corrected chi connectivity index (χ0v) is 10.2. The van der Waals surface area contributed by atoms with Crippen molar-refractivity contribution in [3.8, 4) is 0 Å². The van der Waals surface area contributed by atoms with E-state index < -0.39 is 5.60 Å². The summed E-state index contributed by atoms with van der Waals surface area (Å²) in [7, 11) is 0. The monoisotopic (exact) mass is 239 g/mol. The first-order valence-electron chi connectivity index (χ1n) is 6.34. The van der Waals surface area contributed by atoms with Crippen LogP contribution in [-0.2, 0) is 5.60 Å². The maximum atomic E-state index is 10.7. The lowest BCUT2D eigenvalue weighted by Gasteiger charge is -2.22. The first-order valence-corrected chi connectivity index (χ1v) is 6.34. The van der Waals surface area contributed by atoms with Crippen molar-refractivity contribution >= 4 is 0 Å². The van der Waals surface area contributed by atoms with Crippen LogP contribution in [0, 0.1) is 0 Å². The highest BCUT2D eigenvalue weighted by Gasteiger charge is 2.38. The molecule has 0 aromatic heterocycles. The van der Waals surface area contributed by atoms with Crippen molar-refractivity contribution in [1.82, 2.24) is 5.32 Å². The molecular formula is C16H17NO. The molecule has 0 amide bonds. The molecule has 92 valence electrons. The third-order valence-corrected chi connectivity index (χ3v) is 3.70. The summed E-state index contributed by atoms with van der Waals surface area (Å²) in [6.45, 7) is 0.608. The van der Waals surface area contributed by atoms with Crippen LogP contribution in [0.3, 0.4) is 0 Å². The zero-order valence-electron chi connectivity index (χ0n) is 10.2. The minimum Gasteiger partial charge on any atom is -0.384 e. The van der Waals surface area contributed by atoms with Crippen molar-refractivity contribution in [2.24, 2.45) is 0 Å². The average Bonchev–Trinajstić information content (AvgIpc) is 2.85. The lowest BCUT2D eigenvalue weighted by Crippen LogP contribution is -2.28. The highest BCUT2D eigenvalue weighted by Crippen LogP contribution is 2.36. The largest absolute Gasteiger partial charge is 0.384 e. The molecule has 2 nitrogen and oxygen atoms in total. The normalized spacial score (nSPS) is 27.3. The summed E-state index contributed by atoms with van der Waals surface area (Å²) in [5, 5.41) is 14.1. The van der Waals surface area contributed by atoms with Crippen LogP contribution in [0.15, 0.2) is 60.7 Å². The number of rotatable bonds is 2. The van der Waals surface area contributed by atoms with Gasteiger partial charge in [-0.15, -0.1) is 0 Å². The SMILES string of the molecule is OC1(c2ccccc2)CNC(c2ccccc2)C1. The molecule has 2 heteroatoms. The van der Waals surface area contributed by atoms with Gasteiger partial charge in [-0.25, -0.2) is 0 Å². The first kappa shape index (κ1) is 11.5. The minimum absolute atomic E-state index is 0.233. The summed E-state index contributed by atoms with van der Waals surface area (Å²) in [4.78, 5) is 0. The molecule has 0 radical (unpaired) electrons. The summed E-state index contributed by atoms with van der Waals surface area (Å²) in [5.74, 6) is 0. The number of benzene rings is 2. The van der Waals surface area contributed by atoms with E-state index in [1.54, 1.807) is 0 Å². The van der Waals surface area contributed by atoms with Gasteiger partial charge >= 0.3 is 0 Å². The molecule has 1 aliphatic heterocycles. The van der Waals surface area contributed by atoms with Crippen molar-refractivity contribution in [1.29, 1.82) is 0 Å². The maximum Gasteiger partial charge on any atom is 0.104 e. The Kier molecular flexibility index (Phi) is 2.90. The number of aliphatic hydroxyl groups is 1. The van der Waals surface area contributed by atoms with E-state index in [4.69, 9.17) is 0 Å². The van der Waals surface area contributed by atoms with Gasteiger partial charge in [0.15, 0.2) is 0 Å². The molecule has 1 aliphatic rings. The fourth-order valence-corrected chi connectivity index (χ4v) is 2.66. The Morgan fingerprint density at radius 2 is 1.56 bits per heavy atom. The average molecular weight is 239 g/mol. The van der Waals surface area contributed by atoms with Crippen molar-refractivity contribution in [3.63, 3.8) is 0 Å². The highest BCUT2D eigenvalue weighted by molar-refractivity contribution is 5.28. The number of β-amino-alcohol motifs (C(OH)–C–C–N with tert-alkyl or cyclic N) is 1. The predicted molar refractivity (Wildman–Crippen MR) is 72.1 cm³/mol. The molecule has 18 heavy (non-hydrogen) atoms. The molecule has 0 bridgehead atoms. The fourth-order valence-electron chi connectivity index (χ4n) is 2.66.